The number of aryl methyl sites for hydroxylation is 1. The van der Waals surface area contributed by atoms with Crippen molar-refractivity contribution >= 4 is 12.4 Å². The van der Waals surface area contributed by atoms with Crippen LogP contribution in [-0.4, -0.2) is 5.54 Å². The third kappa shape index (κ3) is 3.17. The second-order valence-electron chi connectivity index (χ2n) is 5.39. The van der Waals surface area contributed by atoms with E-state index >= 15 is 0 Å². The zero-order chi connectivity index (χ0) is 12.4. The molecule has 0 radical (unpaired) electrons. The molecule has 1 saturated carbocycles. The van der Waals surface area contributed by atoms with Gasteiger partial charge in [0.25, 0.3) is 0 Å². The van der Waals surface area contributed by atoms with Gasteiger partial charge in [-0.1, -0.05) is 60.7 Å². The Morgan fingerprint density at radius 1 is 0.947 bits per heavy atom. The van der Waals surface area contributed by atoms with Crippen LogP contribution in [0.1, 0.15) is 29.9 Å². The highest BCUT2D eigenvalue weighted by atomic mass is 35.5. The Labute approximate surface area is 121 Å². The first-order valence-corrected chi connectivity index (χ1v) is 6.66. The summed E-state index contributed by atoms with van der Waals surface area (Å²) in [5, 5.41) is 0. The van der Waals surface area contributed by atoms with E-state index in [1.165, 1.54) is 11.1 Å². The summed E-state index contributed by atoms with van der Waals surface area (Å²) in [5.41, 5.74) is 9.28. The highest BCUT2D eigenvalue weighted by Crippen LogP contribution is 2.51. The van der Waals surface area contributed by atoms with Gasteiger partial charge in [0.2, 0.25) is 0 Å². The lowest BCUT2D eigenvalue weighted by Gasteiger charge is -2.11. The maximum Gasteiger partial charge on any atom is 0.0234 e. The summed E-state index contributed by atoms with van der Waals surface area (Å²) in [6, 6.07) is 21.3. The van der Waals surface area contributed by atoms with Gasteiger partial charge in [-0.25, -0.2) is 0 Å². The van der Waals surface area contributed by atoms with Crippen LogP contribution >= 0.6 is 12.4 Å². The van der Waals surface area contributed by atoms with E-state index in [9.17, 15) is 0 Å². The van der Waals surface area contributed by atoms with E-state index in [1.807, 2.05) is 0 Å². The number of halogens is 1. The van der Waals surface area contributed by atoms with Crippen LogP contribution in [0.25, 0.3) is 0 Å². The fourth-order valence-electron chi connectivity index (χ4n) is 2.75. The molecule has 2 heteroatoms. The van der Waals surface area contributed by atoms with Crippen molar-refractivity contribution in [1.29, 1.82) is 0 Å². The molecule has 19 heavy (non-hydrogen) atoms. The van der Waals surface area contributed by atoms with Crippen molar-refractivity contribution in [1.82, 2.24) is 0 Å². The van der Waals surface area contributed by atoms with Gasteiger partial charge >= 0.3 is 0 Å². The molecule has 2 aromatic rings. The zero-order valence-corrected chi connectivity index (χ0v) is 11.8. The Hall–Kier alpha value is -1.31. The third-order valence-corrected chi connectivity index (χ3v) is 4.04. The molecule has 1 aliphatic carbocycles. The quantitative estimate of drug-likeness (QED) is 0.898. The summed E-state index contributed by atoms with van der Waals surface area (Å²) >= 11 is 0. The first-order chi connectivity index (χ1) is 8.78. The third-order valence-electron chi connectivity index (χ3n) is 4.04. The zero-order valence-electron chi connectivity index (χ0n) is 11.0. The topological polar surface area (TPSA) is 26.0 Å². The number of nitrogens with two attached hydrogens (primary N) is 1. The summed E-state index contributed by atoms with van der Waals surface area (Å²) in [5.74, 6) is 0.558. The number of hydrogen-bond donors (Lipinski definition) is 1. The standard InChI is InChI=1S/C17H19N.ClH/c18-17(12-11-14-7-3-1-4-8-14)13-16(17)15-9-5-2-6-10-15;/h1-10,16H,11-13,18H2;1H. The summed E-state index contributed by atoms with van der Waals surface area (Å²) in [6.07, 6.45) is 3.29. The van der Waals surface area contributed by atoms with Gasteiger partial charge in [0, 0.05) is 11.5 Å². The van der Waals surface area contributed by atoms with Crippen LogP contribution in [0.15, 0.2) is 60.7 Å². The smallest absolute Gasteiger partial charge is 0.0234 e. The molecule has 100 valence electrons. The van der Waals surface area contributed by atoms with Gasteiger partial charge in [-0.05, 0) is 30.4 Å². The minimum Gasteiger partial charge on any atom is -0.325 e. The van der Waals surface area contributed by atoms with Crippen LogP contribution < -0.4 is 5.73 Å². The van der Waals surface area contributed by atoms with Crippen molar-refractivity contribution in [3.63, 3.8) is 0 Å². The van der Waals surface area contributed by atoms with Gasteiger partial charge in [0.1, 0.15) is 0 Å². The molecule has 0 spiro atoms. The molecule has 2 unspecified atom stereocenters. The van der Waals surface area contributed by atoms with Crippen LogP contribution in [0.3, 0.4) is 0 Å². The summed E-state index contributed by atoms with van der Waals surface area (Å²) in [4.78, 5) is 0. The molecule has 1 nitrogen and oxygen atoms in total. The van der Waals surface area contributed by atoms with Crippen molar-refractivity contribution in [2.24, 2.45) is 5.73 Å². The number of hydrogen-bond acceptors (Lipinski definition) is 1. The van der Waals surface area contributed by atoms with E-state index in [4.69, 9.17) is 5.73 Å². The Morgan fingerprint density at radius 3 is 2.16 bits per heavy atom. The van der Waals surface area contributed by atoms with Gasteiger partial charge in [-0.2, -0.15) is 0 Å². The molecule has 1 aliphatic rings. The first-order valence-electron chi connectivity index (χ1n) is 6.66. The van der Waals surface area contributed by atoms with E-state index in [2.05, 4.69) is 60.7 Å². The monoisotopic (exact) mass is 273 g/mol. The molecule has 2 aromatic carbocycles. The Balaban J connectivity index is 0.00000133. The molecule has 0 saturated heterocycles. The van der Waals surface area contributed by atoms with Crippen molar-refractivity contribution in [2.75, 3.05) is 0 Å². The predicted molar refractivity (Wildman–Crippen MR) is 82.7 cm³/mol. The lowest BCUT2D eigenvalue weighted by Crippen LogP contribution is -2.25. The molecule has 0 amide bonds. The van der Waals surface area contributed by atoms with E-state index in [1.54, 1.807) is 0 Å². The van der Waals surface area contributed by atoms with Gasteiger partial charge in [-0.3, -0.25) is 0 Å². The highest BCUT2D eigenvalue weighted by Gasteiger charge is 2.50. The molecule has 0 bridgehead atoms. The molecule has 0 aromatic heterocycles. The lowest BCUT2D eigenvalue weighted by atomic mass is 10.00. The molecule has 1 fully saturated rings. The van der Waals surface area contributed by atoms with E-state index in [0.717, 1.165) is 19.3 Å². The van der Waals surface area contributed by atoms with Crippen molar-refractivity contribution < 1.29 is 0 Å². The maximum atomic E-state index is 6.47. The average Bonchev–Trinajstić information content (AvgIpc) is 3.12. The van der Waals surface area contributed by atoms with E-state index < -0.39 is 0 Å². The summed E-state index contributed by atoms with van der Waals surface area (Å²) in [7, 11) is 0. The largest absolute Gasteiger partial charge is 0.325 e. The van der Waals surface area contributed by atoms with E-state index in [-0.39, 0.29) is 17.9 Å². The summed E-state index contributed by atoms with van der Waals surface area (Å²) < 4.78 is 0. The summed E-state index contributed by atoms with van der Waals surface area (Å²) in [6.45, 7) is 0. The SMILES string of the molecule is Cl.NC1(CCc2ccccc2)CC1c1ccccc1. The fourth-order valence-corrected chi connectivity index (χ4v) is 2.75. The second kappa shape index (κ2) is 5.77. The van der Waals surface area contributed by atoms with Gasteiger partial charge in [0.05, 0.1) is 0 Å². The van der Waals surface area contributed by atoms with Crippen LogP contribution in [0.2, 0.25) is 0 Å². The van der Waals surface area contributed by atoms with Crippen LogP contribution in [0.4, 0.5) is 0 Å². The van der Waals surface area contributed by atoms with Crippen LogP contribution in [-0.2, 0) is 6.42 Å². The Kier molecular flexibility index (Phi) is 4.28. The Bertz CT molecular complexity index is 511. The van der Waals surface area contributed by atoms with Crippen molar-refractivity contribution in [2.45, 2.75) is 30.7 Å². The molecule has 2 N–H and O–H groups in total. The maximum absolute atomic E-state index is 6.47. The minimum atomic E-state index is 0. The van der Waals surface area contributed by atoms with E-state index in [0.29, 0.717) is 5.92 Å². The van der Waals surface area contributed by atoms with Gasteiger partial charge < -0.3 is 5.73 Å². The van der Waals surface area contributed by atoms with Gasteiger partial charge in [-0.15, -0.1) is 12.4 Å². The average molecular weight is 274 g/mol. The van der Waals surface area contributed by atoms with Gasteiger partial charge in [0.15, 0.2) is 0 Å². The Morgan fingerprint density at radius 2 is 1.53 bits per heavy atom. The number of benzene rings is 2. The van der Waals surface area contributed by atoms with Crippen molar-refractivity contribution in [3.8, 4) is 0 Å². The molecular weight excluding hydrogens is 254 g/mol. The molecule has 2 atom stereocenters. The predicted octanol–water partition coefficient (Wildman–Crippen LogP) is 3.93. The molecule has 0 heterocycles. The molecule has 0 aliphatic heterocycles. The number of rotatable bonds is 4. The normalized spacial score (nSPS) is 24.6. The second-order valence-corrected chi connectivity index (χ2v) is 5.39. The minimum absolute atomic E-state index is 0. The van der Waals surface area contributed by atoms with Crippen molar-refractivity contribution in [3.05, 3.63) is 71.8 Å². The fraction of sp³-hybridized carbons (Fsp3) is 0.294. The lowest BCUT2D eigenvalue weighted by molar-refractivity contribution is 0.589. The first kappa shape index (κ1) is 14.1. The molecule has 3 rings (SSSR count). The highest BCUT2D eigenvalue weighted by molar-refractivity contribution is 5.85. The van der Waals surface area contributed by atoms with Crippen LogP contribution in [0, 0.1) is 0 Å². The molecular formula is C17H20ClN. The van der Waals surface area contributed by atoms with Crippen LogP contribution in [0.5, 0.6) is 0 Å².